The molecular weight excluding hydrogens is 378 g/mol. The molecule has 24 heavy (non-hydrogen) atoms. The first-order valence-electron chi connectivity index (χ1n) is 6.97. The molecule has 0 spiro atoms. The lowest BCUT2D eigenvalue weighted by atomic mass is 9.93. The predicted molar refractivity (Wildman–Crippen MR) is 82.9 cm³/mol. The van der Waals surface area contributed by atoms with E-state index >= 15 is 0 Å². The van der Waals surface area contributed by atoms with Gasteiger partial charge >= 0.3 is 6.18 Å². The van der Waals surface area contributed by atoms with Crippen molar-refractivity contribution in [1.29, 1.82) is 0 Å². The van der Waals surface area contributed by atoms with Gasteiger partial charge in [-0.2, -0.15) is 13.2 Å². The van der Waals surface area contributed by atoms with Gasteiger partial charge in [0.1, 0.15) is 12.6 Å². The summed E-state index contributed by atoms with van der Waals surface area (Å²) in [6.07, 6.45) is -4.82. The smallest absolute Gasteiger partial charge is 0.390 e. The minimum absolute atomic E-state index is 0. The van der Waals surface area contributed by atoms with Gasteiger partial charge in [-0.05, 0) is 17.7 Å². The Morgan fingerprint density at radius 3 is 2.25 bits per heavy atom. The lowest BCUT2D eigenvalue weighted by molar-refractivity contribution is -0.145. The second-order valence-electron chi connectivity index (χ2n) is 5.34. The number of alkyl halides is 5. The van der Waals surface area contributed by atoms with E-state index in [4.69, 9.17) is 16.7 Å². The van der Waals surface area contributed by atoms with Gasteiger partial charge in [0.25, 0.3) is 5.92 Å². The molecule has 138 valence electrons. The molecule has 1 aromatic rings. The van der Waals surface area contributed by atoms with Crippen LogP contribution in [0.2, 0.25) is 5.02 Å². The van der Waals surface area contributed by atoms with E-state index in [0.29, 0.717) is 19.2 Å². The summed E-state index contributed by atoms with van der Waals surface area (Å²) < 4.78 is 68.2. The summed E-state index contributed by atoms with van der Waals surface area (Å²) in [7, 11) is 0. The Morgan fingerprint density at radius 2 is 1.75 bits per heavy atom. The molecule has 3 nitrogen and oxygen atoms in total. The number of hydrogen-bond acceptors (Lipinski definition) is 3. The Hall–Kier alpha value is -0.670. The van der Waals surface area contributed by atoms with Crippen LogP contribution in [0.15, 0.2) is 18.2 Å². The molecule has 0 unspecified atom stereocenters. The maximum atomic E-state index is 14.2. The second kappa shape index (κ2) is 8.14. The van der Waals surface area contributed by atoms with Crippen LogP contribution in [0, 0.1) is 0 Å². The van der Waals surface area contributed by atoms with Gasteiger partial charge in [-0.15, -0.1) is 12.4 Å². The van der Waals surface area contributed by atoms with E-state index in [1.165, 1.54) is 4.90 Å². The first-order chi connectivity index (χ1) is 10.7. The second-order valence-corrected chi connectivity index (χ2v) is 5.77. The third kappa shape index (κ3) is 4.70. The highest BCUT2D eigenvalue weighted by molar-refractivity contribution is 6.30. The highest BCUT2D eigenvalue weighted by Gasteiger charge is 2.47. The number of nitrogens with zero attached hydrogens (tertiary/aromatic N) is 1. The molecule has 0 aromatic heterocycles. The van der Waals surface area contributed by atoms with E-state index in [1.807, 2.05) is 0 Å². The quantitative estimate of drug-likeness (QED) is 0.768. The number of halogens is 7. The molecule has 10 heteroatoms. The van der Waals surface area contributed by atoms with E-state index < -0.39 is 35.9 Å². The fourth-order valence-corrected chi connectivity index (χ4v) is 2.90. The van der Waals surface area contributed by atoms with Gasteiger partial charge in [-0.3, -0.25) is 4.90 Å². The third-order valence-corrected chi connectivity index (χ3v) is 3.98. The molecule has 1 saturated heterocycles. The Bertz CT molecular complexity index is 550. The fourth-order valence-electron chi connectivity index (χ4n) is 2.73. The normalized spacial score (nSPS) is 18.1. The number of benzene rings is 1. The van der Waals surface area contributed by atoms with Crippen LogP contribution in [0.1, 0.15) is 17.2 Å². The third-order valence-electron chi connectivity index (χ3n) is 3.74. The number of hydrogen-bond donors (Lipinski definition) is 2. The molecule has 1 atom stereocenters. The van der Waals surface area contributed by atoms with Crippen LogP contribution in [-0.4, -0.2) is 48.7 Å². The van der Waals surface area contributed by atoms with Crippen molar-refractivity contribution in [2.24, 2.45) is 0 Å². The zero-order valence-corrected chi connectivity index (χ0v) is 14.0. The molecule has 1 aromatic carbocycles. The maximum Gasteiger partial charge on any atom is 0.416 e. The van der Waals surface area contributed by atoms with Gasteiger partial charge in [0, 0.05) is 31.2 Å². The summed E-state index contributed by atoms with van der Waals surface area (Å²) in [5.74, 6) is -3.72. The minimum Gasteiger partial charge on any atom is -0.390 e. The van der Waals surface area contributed by atoms with Crippen molar-refractivity contribution in [1.82, 2.24) is 10.2 Å². The predicted octanol–water partition coefficient (Wildman–Crippen LogP) is 3.35. The molecule has 0 aliphatic carbocycles. The number of aliphatic hydroxyl groups is 1. The van der Waals surface area contributed by atoms with Gasteiger partial charge < -0.3 is 10.4 Å². The van der Waals surface area contributed by atoms with Gasteiger partial charge in [0.15, 0.2) is 0 Å². The van der Waals surface area contributed by atoms with Crippen LogP contribution < -0.4 is 5.32 Å². The van der Waals surface area contributed by atoms with Gasteiger partial charge in [0.05, 0.1) is 5.56 Å². The van der Waals surface area contributed by atoms with E-state index in [2.05, 4.69) is 5.32 Å². The van der Waals surface area contributed by atoms with Crippen LogP contribution in [-0.2, 0) is 6.18 Å². The Morgan fingerprint density at radius 1 is 1.17 bits per heavy atom. The molecular formula is C14H17Cl2F5N2O. The van der Waals surface area contributed by atoms with Gasteiger partial charge in [-0.25, -0.2) is 8.78 Å². The molecule has 1 fully saturated rings. The molecule has 1 heterocycles. The van der Waals surface area contributed by atoms with Crippen LogP contribution in [0.5, 0.6) is 0 Å². The monoisotopic (exact) mass is 394 g/mol. The van der Waals surface area contributed by atoms with E-state index in [1.54, 1.807) is 0 Å². The largest absolute Gasteiger partial charge is 0.416 e. The zero-order chi connectivity index (χ0) is 17.3. The van der Waals surface area contributed by atoms with Crippen LogP contribution >= 0.6 is 24.0 Å². The average molecular weight is 395 g/mol. The van der Waals surface area contributed by atoms with Crippen LogP contribution in [0.4, 0.5) is 22.0 Å². The number of aliphatic hydroxyl groups excluding tert-OH is 1. The van der Waals surface area contributed by atoms with E-state index in [0.717, 1.165) is 12.1 Å². The van der Waals surface area contributed by atoms with Crippen molar-refractivity contribution >= 4 is 24.0 Å². The standard InChI is InChI=1S/C14H16ClF5N2O.ClH/c15-9-1-2-10(11(7-9)14(18,19)20)12(13(16,17)8-23)22-5-3-21-4-6-22;/h1-2,7,12,21,23H,3-6,8H2;1H/t12-;/m1./s1. The number of piperazine rings is 1. The summed E-state index contributed by atoms with van der Waals surface area (Å²) in [5.41, 5.74) is -1.79. The Labute approximate surface area is 147 Å². The molecule has 1 aliphatic rings. The molecule has 0 bridgehead atoms. The fraction of sp³-hybridized carbons (Fsp3) is 0.571. The van der Waals surface area contributed by atoms with Gasteiger partial charge in [-0.1, -0.05) is 17.7 Å². The highest BCUT2D eigenvalue weighted by Crippen LogP contribution is 2.43. The summed E-state index contributed by atoms with van der Waals surface area (Å²) >= 11 is 5.60. The van der Waals surface area contributed by atoms with E-state index in [9.17, 15) is 22.0 Å². The number of nitrogens with one attached hydrogen (secondary N) is 1. The highest BCUT2D eigenvalue weighted by atomic mass is 35.5. The zero-order valence-electron chi connectivity index (χ0n) is 12.4. The lowest BCUT2D eigenvalue weighted by Gasteiger charge is -2.39. The molecule has 0 saturated carbocycles. The van der Waals surface area contributed by atoms with Crippen molar-refractivity contribution in [2.45, 2.75) is 18.1 Å². The van der Waals surface area contributed by atoms with Gasteiger partial charge in [0.2, 0.25) is 0 Å². The SMILES string of the molecule is Cl.OCC(F)(F)[C@@H](c1ccc(Cl)cc1C(F)(F)F)N1CCNCC1. The van der Waals surface area contributed by atoms with Crippen LogP contribution in [0.25, 0.3) is 0 Å². The molecule has 0 radical (unpaired) electrons. The van der Waals surface area contributed by atoms with Crippen LogP contribution in [0.3, 0.4) is 0 Å². The Balaban J connectivity index is 0.00000288. The summed E-state index contributed by atoms with van der Waals surface area (Å²) in [6.45, 7) is -0.470. The van der Waals surface area contributed by atoms with E-state index in [-0.39, 0.29) is 30.5 Å². The summed E-state index contributed by atoms with van der Waals surface area (Å²) in [6, 6.07) is 0.874. The molecule has 0 amide bonds. The van der Waals surface area contributed by atoms with Crippen molar-refractivity contribution in [3.05, 3.63) is 34.3 Å². The average Bonchev–Trinajstić information content (AvgIpc) is 2.49. The van der Waals surface area contributed by atoms with Crippen molar-refractivity contribution in [3.63, 3.8) is 0 Å². The lowest BCUT2D eigenvalue weighted by Crippen LogP contribution is -2.51. The molecule has 1 aliphatic heterocycles. The number of rotatable bonds is 4. The van der Waals surface area contributed by atoms with Crippen molar-refractivity contribution in [2.75, 3.05) is 32.8 Å². The minimum atomic E-state index is -4.82. The molecule has 2 N–H and O–H groups in total. The summed E-state index contributed by atoms with van der Waals surface area (Å²) in [4.78, 5) is 1.26. The summed E-state index contributed by atoms with van der Waals surface area (Å²) in [5, 5.41) is 11.8. The first kappa shape index (κ1) is 21.4. The Kier molecular flexibility index (Phi) is 7.25. The van der Waals surface area contributed by atoms with Crippen molar-refractivity contribution in [3.8, 4) is 0 Å². The molecule has 2 rings (SSSR count). The maximum absolute atomic E-state index is 14.2. The first-order valence-corrected chi connectivity index (χ1v) is 7.34. The topological polar surface area (TPSA) is 35.5 Å². The van der Waals surface area contributed by atoms with Crippen molar-refractivity contribution < 1.29 is 27.1 Å².